The average Bonchev–Trinajstić information content (AvgIpc) is 2.51. The molecule has 0 aliphatic carbocycles. The van der Waals surface area contributed by atoms with E-state index in [0.29, 0.717) is 12.5 Å². The smallest absolute Gasteiger partial charge is 0.244 e. The number of nitrogens with one attached hydrogen (secondary N) is 2. The number of anilines is 2. The van der Waals surface area contributed by atoms with Crippen LogP contribution in [0.4, 0.5) is 11.8 Å². The lowest BCUT2D eigenvalue weighted by Gasteiger charge is -2.06. The summed E-state index contributed by atoms with van der Waals surface area (Å²) in [6.07, 6.45) is 5.47. The maximum absolute atomic E-state index is 4.31. The van der Waals surface area contributed by atoms with Gasteiger partial charge in [-0.2, -0.15) is 10.1 Å². The van der Waals surface area contributed by atoms with E-state index in [1.807, 2.05) is 6.07 Å². The largest absolute Gasteiger partial charge is 0.369 e. The molecule has 0 atom stereocenters. The second kappa shape index (κ2) is 7.89. The van der Waals surface area contributed by atoms with Gasteiger partial charge < -0.3 is 10.6 Å². The molecule has 0 spiro atoms. The predicted octanol–water partition coefficient (Wildman–Crippen LogP) is 2.51. The molecule has 5 nitrogen and oxygen atoms in total. The lowest BCUT2D eigenvalue weighted by atomic mass is 10.1. The van der Waals surface area contributed by atoms with E-state index in [-0.39, 0.29) is 0 Å². The van der Waals surface area contributed by atoms with Crippen molar-refractivity contribution in [3.63, 3.8) is 0 Å². The Morgan fingerprint density at radius 2 is 2.00 bits per heavy atom. The molecule has 0 fully saturated rings. The highest BCUT2D eigenvalue weighted by Gasteiger charge is 1.99. The molecule has 0 bridgehead atoms. The van der Waals surface area contributed by atoms with E-state index < -0.39 is 0 Å². The molecule has 0 radical (unpaired) electrons. The molecular weight excluding hydrogens is 250 g/mol. The van der Waals surface area contributed by atoms with E-state index in [0.717, 1.165) is 25.2 Å². The Bertz CT molecular complexity index is 527. The average molecular weight is 269 g/mol. The van der Waals surface area contributed by atoms with Crippen LogP contribution < -0.4 is 10.6 Å². The highest BCUT2D eigenvalue weighted by atomic mass is 15.3. The zero-order chi connectivity index (χ0) is 14.0. The Hall–Kier alpha value is -2.43. The summed E-state index contributed by atoms with van der Waals surface area (Å²) < 4.78 is 0. The summed E-state index contributed by atoms with van der Waals surface area (Å²) in [5, 5.41) is 14.1. The number of nitrogens with zero attached hydrogens (tertiary/aromatic N) is 3. The Kier molecular flexibility index (Phi) is 5.52. The van der Waals surface area contributed by atoms with Gasteiger partial charge in [0, 0.05) is 13.1 Å². The van der Waals surface area contributed by atoms with Crippen LogP contribution in [0.3, 0.4) is 0 Å². The molecule has 2 rings (SSSR count). The predicted molar refractivity (Wildman–Crippen MR) is 81.8 cm³/mol. The number of hydrogen-bond acceptors (Lipinski definition) is 5. The minimum absolute atomic E-state index is 0.512. The van der Waals surface area contributed by atoms with E-state index in [4.69, 9.17) is 0 Å². The van der Waals surface area contributed by atoms with Gasteiger partial charge in [-0.05, 0) is 18.4 Å². The van der Waals surface area contributed by atoms with E-state index in [9.17, 15) is 0 Å². The first kappa shape index (κ1) is 14.0. The summed E-state index contributed by atoms with van der Waals surface area (Å²) in [6, 6.07) is 10.4. The highest BCUT2D eigenvalue weighted by Crippen LogP contribution is 2.05. The lowest BCUT2D eigenvalue weighted by molar-refractivity contribution is 0.852. The van der Waals surface area contributed by atoms with Gasteiger partial charge >= 0.3 is 0 Å². The maximum atomic E-state index is 4.31. The van der Waals surface area contributed by atoms with E-state index in [1.165, 1.54) is 5.56 Å². The molecular formula is C15H19N5. The van der Waals surface area contributed by atoms with Gasteiger partial charge in [0.2, 0.25) is 5.95 Å². The van der Waals surface area contributed by atoms with Crippen LogP contribution in [0.1, 0.15) is 12.0 Å². The van der Waals surface area contributed by atoms with Crippen molar-refractivity contribution in [2.45, 2.75) is 12.8 Å². The summed E-state index contributed by atoms with van der Waals surface area (Å²) in [5.74, 6) is 1.25. The van der Waals surface area contributed by atoms with Gasteiger partial charge in [0.25, 0.3) is 0 Å². The van der Waals surface area contributed by atoms with Crippen molar-refractivity contribution in [2.75, 3.05) is 23.7 Å². The molecule has 1 aromatic heterocycles. The molecule has 20 heavy (non-hydrogen) atoms. The first-order valence-corrected chi connectivity index (χ1v) is 6.71. The van der Waals surface area contributed by atoms with Gasteiger partial charge in [0.1, 0.15) is 5.82 Å². The minimum Gasteiger partial charge on any atom is -0.369 e. The third-order valence-electron chi connectivity index (χ3n) is 2.75. The van der Waals surface area contributed by atoms with Crippen LogP contribution >= 0.6 is 0 Å². The van der Waals surface area contributed by atoms with Crippen LogP contribution in [0.2, 0.25) is 0 Å². The number of aromatic nitrogens is 3. The first-order valence-electron chi connectivity index (χ1n) is 6.71. The number of aryl methyl sites for hydroxylation is 1. The van der Waals surface area contributed by atoms with Crippen molar-refractivity contribution in [3.05, 3.63) is 54.7 Å². The fourth-order valence-electron chi connectivity index (χ4n) is 1.78. The summed E-state index contributed by atoms with van der Waals surface area (Å²) in [4.78, 5) is 4.31. The molecule has 0 amide bonds. The van der Waals surface area contributed by atoms with E-state index in [2.05, 4.69) is 56.7 Å². The third kappa shape index (κ3) is 4.68. The SMILES string of the molecule is C=CCNc1nncc(NCCCc2ccccc2)n1. The fourth-order valence-corrected chi connectivity index (χ4v) is 1.78. The summed E-state index contributed by atoms with van der Waals surface area (Å²) >= 11 is 0. The molecule has 2 N–H and O–H groups in total. The molecule has 0 saturated carbocycles. The van der Waals surface area contributed by atoms with E-state index >= 15 is 0 Å². The van der Waals surface area contributed by atoms with Crippen molar-refractivity contribution in [1.29, 1.82) is 0 Å². The Morgan fingerprint density at radius 1 is 1.15 bits per heavy atom. The monoisotopic (exact) mass is 269 g/mol. The number of benzene rings is 1. The highest BCUT2D eigenvalue weighted by molar-refractivity contribution is 5.37. The number of hydrogen-bond donors (Lipinski definition) is 2. The van der Waals surface area contributed by atoms with Crippen LogP contribution in [-0.2, 0) is 6.42 Å². The molecule has 0 aliphatic rings. The van der Waals surface area contributed by atoms with Crippen molar-refractivity contribution < 1.29 is 0 Å². The quantitative estimate of drug-likeness (QED) is 0.569. The van der Waals surface area contributed by atoms with Gasteiger partial charge in [0.05, 0.1) is 6.20 Å². The van der Waals surface area contributed by atoms with Crippen molar-refractivity contribution in [2.24, 2.45) is 0 Å². The van der Waals surface area contributed by atoms with Crippen molar-refractivity contribution in [1.82, 2.24) is 15.2 Å². The second-order valence-corrected chi connectivity index (χ2v) is 4.35. The summed E-state index contributed by atoms with van der Waals surface area (Å²) in [5.41, 5.74) is 1.35. The summed E-state index contributed by atoms with van der Waals surface area (Å²) in [7, 11) is 0. The molecule has 104 valence electrons. The first-order chi connectivity index (χ1) is 9.88. The lowest BCUT2D eigenvalue weighted by Crippen LogP contribution is -2.09. The van der Waals surface area contributed by atoms with E-state index in [1.54, 1.807) is 12.3 Å². The third-order valence-corrected chi connectivity index (χ3v) is 2.75. The van der Waals surface area contributed by atoms with Gasteiger partial charge in [-0.3, -0.25) is 0 Å². The Balaban J connectivity index is 1.75. The van der Waals surface area contributed by atoms with Crippen LogP contribution in [0.5, 0.6) is 0 Å². The Morgan fingerprint density at radius 3 is 2.80 bits per heavy atom. The molecule has 1 aromatic carbocycles. The topological polar surface area (TPSA) is 62.7 Å². The zero-order valence-electron chi connectivity index (χ0n) is 11.4. The van der Waals surface area contributed by atoms with Gasteiger partial charge in [0.15, 0.2) is 0 Å². The maximum Gasteiger partial charge on any atom is 0.244 e. The molecule has 0 aliphatic heterocycles. The minimum atomic E-state index is 0.512. The van der Waals surface area contributed by atoms with Crippen LogP contribution in [0.25, 0.3) is 0 Å². The molecule has 0 saturated heterocycles. The van der Waals surface area contributed by atoms with Crippen LogP contribution in [-0.4, -0.2) is 28.3 Å². The van der Waals surface area contributed by atoms with Gasteiger partial charge in [-0.25, -0.2) is 0 Å². The van der Waals surface area contributed by atoms with Crippen molar-refractivity contribution >= 4 is 11.8 Å². The zero-order valence-corrected chi connectivity index (χ0v) is 11.4. The van der Waals surface area contributed by atoms with Crippen LogP contribution in [0, 0.1) is 0 Å². The molecule has 1 heterocycles. The van der Waals surface area contributed by atoms with Gasteiger partial charge in [-0.1, -0.05) is 36.4 Å². The van der Waals surface area contributed by atoms with Crippen molar-refractivity contribution in [3.8, 4) is 0 Å². The van der Waals surface area contributed by atoms with Gasteiger partial charge in [-0.15, -0.1) is 11.7 Å². The van der Waals surface area contributed by atoms with Crippen LogP contribution in [0.15, 0.2) is 49.2 Å². The number of rotatable bonds is 8. The molecule has 2 aromatic rings. The standard InChI is InChI=1S/C15H19N5/c1-2-10-17-15-19-14(12-18-20-15)16-11-6-9-13-7-4-3-5-8-13/h2-5,7-8,12H,1,6,9-11H2,(H2,16,17,19,20). The molecule has 0 unspecified atom stereocenters. The second-order valence-electron chi connectivity index (χ2n) is 4.35. The summed E-state index contributed by atoms with van der Waals surface area (Å²) in [6.45, 7) is 5.11. The normalized spacial score (nSPS) is 10.0. The Labute approximate surface area is 119 Å². The fraction of sp³-hybridized carbons (Fsp3) is 0.267. The molecule has 5 heteroatoms.